The van der Waals surface area contributed by atoms with E-state index in [-0.39, 0.29) is 11.4 Å². The molecule has 0 unspecified atom stereocenters. The first kappa shape index (κ1) is 20.4. The van der Waals surface area contributed by atoms with Crippen molar-refractivity contribution in [3.63, 3.8) is 0 Å². The van der Waals surface area contributed by atoms with Crippen LogP contribution in [0.3, 0.4) is 0 Å². The maximum absolute atomic E-state index is 13.4. The van der Waals surface area contributed by atoms with Gasteiger partial charge in [-0.3, -0.25) is 0 Å². The fraction of sp³-hybridized carbons (Fsp3) is 0.520. The minimum Gasteiger partial charge on any atom is -0.508 e. The topological polar surface area (TPSA) is 35.5 Å². The van der Waals surface area contributed by atoms with Gasteiger partial charge in [0, 0.05) is 12.1 Å². The molecular formula is C25H33FN2O. The van der Waals surface area contributed by atoms with Gasteiger partial charge in [0.2, 0.25) is 0 Å². The fourth-order valence-corrected chi connectivity index (χ4v) is 5.08. The van der Waals surface area contributed by atoms with Gasteiger partial charge in [-0.1, -0.05) is 37.1 Å². The largest absolute Gasteiger partial charge is 0.508 e. The second-order valence-electron chi connectivity index (χ2n) is 9.06. The highest BCUT2D eigenvalue weighted by atomic mass is 19.1. The zero-order chi connectivity index (χ0) is 20.3. The van der Waals surface area contributed by atoms with Crippen molar-refractivity contribution in [2.45, 2.75) is 57.0 Å². The van der Waals surface area contributed by atoms with E-state index in [0.717, 1.165) is 44.5 Å². The highest BCUT2D eigenvalue weighted by molar-refractivity contribution is 5.37. The Morgan fingerprint density at radius 1 is 1.07 bits per heavy atom. The molecular weight excluding hydrogens is 363 g/mol. The highest BCUT2D eigenvalue weighted by Crippen LogP contribution is 2.39. The number of halogens is 1. The van der Waals surface area contributed by atoms with Crippen molar-refractivity contribution in [2.75, 3.05) is 20.1 Å². The van der Waals surface area contributed by atoms with E-state index in [1.165, 1.54) is 36.8 Å². The molecule has 2 aromatic carbocycles. The molecule has 0 amide bonds. The minimum atomic E-state index is -0.182. The Morgan fingerprint density at radius 2 is 1.76 bits per heavy atom. The van der Waals surface area contributed by atoms with Gasteiger partial charge < -0.3 is 15.3 Å². The van der Waals surface area contributed by atoms with Gasteiger partial charge in [0.05, 0.1) is 0 Å². The SMILES string of the molecule is CN1CCC(Cc2cc(CNC3(c4ccc(F)cc4)CCCC3)ccc2O)CC1. The molecule has 29 heavy (non-hydrogen) atoms. The lowest BCUT2D eigenvalue weighted by molar-refractivity contribution is 0.218. The lowest BCUT2D eigenvalue weighted by atomic mass is 9.87. The summed E-state index contributed by atoms with van der Waals surface area (Å²) in [5.41, 5.74) is 3.39. The molecule has 2 aliphatic rings. The molecule has 1 aliphatic heterocycles. The normalized spacial score (nSPS) is 20.2. The molecule has 156 valence electrons. The number of hydrogen-bond donors (Lipinski definition) is 2. The third kappa shape index (κ3) is 4.81. The quantitative estimate of drug-likeness (QED) is 0.723. The van der Waals surface area contributed by atoms with Crippen molar-refractivity contribution in [3.05, 3.63) is 65.0 Å². The summed E-state index contributed by atoms with van der Waals surface area (Å²) in [7, 11) is 2.18. The number of piperidine rings is 1. The monoisotopic (exact) mass is 396 g/mol. The van der Waals surface area contributed by atoms with Crippen LogP contribution in [0.2, 0.25) is 0 Å². The van der Waals surface area contributed by atoms with Crippen molar-refractivity contribution in [1.29, 1.82) is 0 Å². The number of hydrogen-bond acceptors (Lipinski definition) is 3. The van der Waals surface area contributed by atoms with E-state index < -0.39 is 0 Å². The zero-order valence-electron chi connectivity index (χ0n) is 17.5. The Morgan fingerprint density at radius 3 is 2.45 bits per heavy atom. The van der Waals surface area contributed by atoms with Crippen LogP contribution in [-0.2, 0) is 18.5 Å². The summed E-state index contributed by atoms with van der Waals surface area (Å²) in [6, 6.07) is 13.0. The number of benzene rings is 2. The van der Waals surface area contributed by atoms with Gasteiger partial charge in [-0.25, -0.2) is 4.39 Å². The minimum absolute atomic E-state index is 0.0697. The van der Waals surface area contributed by atoms with Crippen LogP contribution in [0.1, 0.15) is 55.2 Å². The number of phenols is 1. The number of nitrogens with zero attached hydrogens (tertiary/aromatic N) is 1. The molecule has 0 radical (unpaired) electrons. The molecule has 0 spiro atoms. The number of likely N-dealkylation sites (tertiary alicyclic amines) is 1. The van der Waals surface area contributed by atoms with Gasteiger partial charge in [0.15, 0.2) is 0 Å². The Hall–Kier alpha value is -1.91. The van der Waals surface area contributed by atoms with Crippen LogP contribution in [0, 0.1) is 11.7 Å². The van der Waals surface area contributed by atoms with Gasteiger partial charge >= 0.3 is 0 Å². The van der Waals surface area contributed by atoms with Crippen LogP contribution >= 0.6 is 0 Å². The second kappa shape index (κ2) is 8.85. The molecule has 1 heterocycles. The Balaban J connectivity index is 1.45. The predicted molar refractivity (Wildman–Crippen MR) is 115 cm³/mol. The number of phenolic OH excluding ortho intramolecular Hbond substituents is 1. The summed E-state index contributed by atoms with van der Waals surface area (Å²) in [6.45, 7) is 3.05. The Bertz CT molecular complexity index is 806. The lowest BCUT2D eigenvalue weighted by Crippen LogP contribution is -2.39. The molecule has 1 saturated carbocycles. The standard InChI is InChI=1S/C25H33FN2O/c1-28-14-10-19(11-15-28)16-21-17-20(4-9-24(21)29)18-27-25(12-2-3-13-25)22-5-7-23(26)8-6-22/h4-9,17,19,27,29H,2-3,10-16,18H2,1H3. The Labute approximate surface area is 173 Å². The van der Waals surface area contributed by atoms with E-state index in [2.05, 4.69) is 23.3 Å². The molecule has 2 fully saturated rings. The number of nitrogens with one attached hydrogen (secondary N) is 1. The van der Waals surface area contributed by atoms with Crippen LogP contribution < -0.4 is 5.32 Å². The third-order valence-corrected chi connectivity index (χ3v) is 6.98. The van der Waals surface area contributed by atoms with E-state index in [0.29, 0.717) is 11.7 Å². The van der Waals surface area contributed by atoms with Gasteiger partial charge in [0.25, 0.3) is 0 Å². The van der Waals surface area contributed by atoms with E-state index in [4.69, 9.17) is 0 Å². The molecule has 3 nitrogen and oxygen atoms in total. The molecule has 2 aromatic rings. The van der Waals surface area contributed by atoms with Crippen molar-refractivity contribution in [1.82, 2.24) is 10.2 Å². The smallest absolute Gasteiger partial charge is 0.123 e. The third-order valence-electron chi connectivity index (χ3n) is 6.98. The van der Waals surface area contributed by atoms with Crippen LogP contribution in [0.25, 0.3) is 0 Å². The molecule has 4 rings (SSSR count). The van der Waals surface area contributed by atoms with Crippen molar-refractivity contribution in [3.8, 4) is 5.75 Å². The van der Waals surface area contributed by atoms with Gasteiger partial charge in [-0.2, -0.15) is 0 Å². The summed E-state index contributed by atoms with van der Waals surface area (Å²) in [5, 5.41) is 14.2. The first-order chi connectivity index (χ1) is 14.0. The van der Waals surface area contributed by atoms with Crippen molar-refractivity contribution < 1.29 is 9.50 Å². The molecule has 4 heteroatoms. The molecule has 0 aromatic heterocycles. The van der Waals surface area contributed by atoms with Crippen LogP contribution in [0.4, 0.5) is 4.39 Å². The average Bonchev–Trinajstić information content (AvgIpc) is 3.21. The summed E-state index contributed by atoms with van der Waals surface area (Å²) in [6.07, 6.45) is 7.91. The first-order valence-corrected chi connectivity index (χ1v) is 11.0. The van der Waals surface area contributed by atoms with Gasteiger partial charge in [-0.05, 0) is 93.0 Å². The summed E-state index contributed by atoms with van der Waals surface area (Å²) in [4.78, 5) is 2.38. The summed E-state index contributed by atoms with van der Waals surface area (Å²) < 4.78 is 13.4. The van der Waals surface area contributed by atoms with Crippen molar-refractivity contribution >= 4 is 0 Å². The molecule has 0 atom stereocenters. The molecule has 2 N–H and O–H groups in total. The van der Waals surface area contributed by atoms with E-state index in [1.807, 2.05) is 24.3 Å². The second-order valence-corrected chi connectivity index (χ2v) is 9.06. The first-order valence-electron chi connectivity index (χ1n) is 11.0. The highest BCUT2D eigenvalue weighted by Gasteiger charge is 2.35. The average molecular weight is 397 g/mol. The zero-order valence-corrected chi connectivity index (χ0v) is 17.5. The van der Waals surface area contributed by atoms with E-state index in [1.54, 1.807) is 12.1 Å². The van der Waals surface area contributed by atoms with Crippen molar-refractivity contribution in [2.24, 2.45) is 5.92 Å². The van der Waals surface area contributed by atoms with Gasteiger partial charge in [0.1, 0.15) is 11.6 Å². The summed E-state index contributed by atoms with van der Waals surface area (Å²) in [5.74, 6) is 0.890. The van der Waals surface area contributed by atoms with Crippen LogP contribution in [0.5, 0.6) is 5.75 Å². The maximum Gasteiger partial charge on any atom is 0.123 e. The molecule has 1 aliphatic carbocycles. The van der Waals surface area contributed by atoms with Crippen LogP contribution in [-0.4, -0.2) is 30.1 Å². The number of rotatable bonds is 6. The lowest BCUT2D eigenvalue weighted by Gasteiger charge is -2.32. The Kier molecular flexibility index (Phi) is 6.21. The fourth-order valence-electron chi connectivity index (χ4n) is 5.08. The maximum atomic E-state index is 13.4. The van der Waals surface area contributed by atoms with E-state index in [9.17, 15) is 9.50 Å². The predicted octanol–water partition coefficient (Wildman–Crippen LogP) is 4.97. The molecule has 1 saturated heterocycles. The van der Waals surface area contributed by atoms with Gasteiger partial charge in [-0.15, -0.1) is 0 Å². The number of aromatic hydroxyl groups is 1. The van der Waals surface area contributed by atoms with Crippen LogP contribution in [0.15, 0.2) is 42.5 Å². The molecule has 0 bridgehead atoms. The summed E-state index contributed by atoms with van der Waals surface area (Å²) >= 11 is 0. The van der Waals surface area contributed by atoms with E-state index >= 15 is 0 Å².